The van der Waals surface area contributed by atoms with Crippen molar-refractivity contribution in [1.82, 2.24) is 10.2 Å². The molecule has 1 N–H and O–H groups in total. The summed E-state index contributed by atoms with van der Waals surface area (Å²) in [7, 11) is 4.46. The van der Waals surface area contributed by atoms with Gasteiger partial charge in [-0.15, -0.1) is 0 Å². The van der Waals surface area contributed by atoms with E-state index < -0.39 is 0 Å². The summed E-state index contributed by atoms with van der Waals surface area (Å²) in [4.78, 5) is 4.86. The minimum absolute atomic E-state index is 0.688. The van der Waals surface area contributed by atoms with Crippen LogP contribution in [0.1, 0.15) is 36.8 Å². The van der Waals surface area contributed by atoms with Crippen molar-refractivity contribution in [2.75, 3.05) is 38.6 Å². The molecule has 0 aromatic heterocycles. The molecule has 0 aliphatic carbocycles. The number of hydrogen-bond donors (Lipinski definition) is 1. The lowest BCUT2D eigenvalue weighted by Crippen LogP contribution is -2.42. The van der Waals surface area contributed by atoms with Gasteiger partial charge in [0, 0.05) is 38.4 Å². The molecule has 116 valence electrons. The number of piperidine rings is 1. The van der Waals surface area contributed by atoms with Gasteiger partial charge in [0.15, 0.2) is 0 Å². The van der Waals surface area contributed by atoms with Crippen LogP contribution in [0.25, 0.3) is 0 Å². The van der Waals surface area contributed by atoms with Crippen molar-refractivity contribution in [1.29, 1.82) is 0 Å². The Hall–Kier alpha value is -1.06. The average Bonchev–Trinajstić information content (AvgIpc) is 2.48. The molecule has 0 amide bonds. The van der Waals surface area contributed by atoms with Gasteiger partial charge >= 0.3 is 0 Å². The summed E-state index contributed by atoms with van der Waals surface area (Å²) in [6, 6.07) is 7.74. The lowest BCUT2D eigenvalue weighted by atomic mass is 9.99. The highest BCUT2D eigenvalue weighted by Gasteiger charge is 2.16. The highest BCUT2D eigenvalue weighted by molar-refractivity contribution is 5.56. The Kier molecular flexibility index (Phi) is 4.81. The number of nitrogens with one attached hydrogen (secondary N) is 1. The van der Waals surface area contributed by atoms with Gasteiger partial charge in [-0.1, -0.05) is 18.6 Å². The minimum atomic E-state index is 0.688. The number of rotatable bonds is 4. The van der Waals surface area contributed by atoms with E-state index in [2.05, 4.69) is 47.4 Å². The smallest absolute Gasteiger partial charge is 0.0396 e. The van der Waals surface area contributed by atoms with Crippen LogP contribution >= 0.6 is 0 Å². The van der Waals surface area contributed by atoms with E-state index in [1.807, 2.05) is 0 Å². The summed E-state index contributed by atoms with van der Waals surface area (Å²) in [6.45, 7) is 4.62. The molecule has 21 heavy (non-hydrogen) atoms. The topological polar surface area (TPSA) is 18.5 Å². The van der Waals surface area contributed by atoms with Gasteiger partial charge in [-0.05, 0) is 56.5 Å². The second-order valence-corrected chi connectivity index (χ2v) is 6.83. The molecule has 1 atom stereocenters. The van der Waals surface area contributed by atoms with Crippen molar-refractivity contribution in [3.8, 4) is 0 Å². The minimum Gasteiger partial charge on any atom is -0.374 e. The van der Waals surface area contributed by atoms with Gasteiger partial charge in [0.1, 0.15) is 0 Å². The molecule has 2 heterocycles. The van der Waals surface area contributed by atoms with E-state index in [-0.39, 0.29) is 0 Å². The molecule has 3 nitrogen and oxygen atoms in total. The van der Waals surface area contributed by atoms with Crippen molar-refractivity contribution in [2.45, 2.75) is 44.7 Å². The van der Waals surface area contributed by atoms with Crippen LogP contribution in [0.15, 0.2) is 18.2 Å². The molecule has 2 aliphatic heterocycles. The first-order chi connectivity index (χ1) is 10.2. The van der Waals surface area contributed by atoms with E-state index in [1.54, 1.807) is 0 Å². The fourth-order valence-corrected chi connectivity index (χ4v) is 3.77. The molecule has 1 fully saturated rings. The molecule has 0 bridgehead atoms. The third-order valence-electron chi connectivity index (χ3n) is 4.89. The summed E-state index contributed by atoms with van der Waals surface area (Å²) < 4.78 is 0. The van der Waals surface area contributed by atoms with Crippen molar-refractivity contribution in [2.24, 2.45) is 0 Å². The fraction of sp³-hybridized carbons (Fsp3) is 0.667. The van der Waals surface area contributed by atoms with E-state index in [0.717, 1.165) is 13.1 Å². The molecular weight excluding hydrogens is 258 g/mol. The molecule has 3 heteroatoms. The number of anilines is 1. The van der Waals surface area contributed by atoms with Crippen molar-refractivity contribution in [3.05, 3.63) is 29.3 Å². The van der Waals surface area contributed by atoms with Crippen molar-refractivity contribution in [3.63, 3.8) is 0 Å². The summed E-state index contributed by atoms with van der Waals surface area (Å²) in [5.74, 6) is 0. The van der Waals surface area contributed by atoms with Crippen LogP contribution in [0, 0.1) is 0 Å². The maximum absolute atomic E-state index is 3.64. The second-order valence-electron chi connectivity index (χ2n) is 6.83. The zero-order valence-corrected chi connectivity index (χ0v) is 13.6. The van der Waals surface area contributed by atoms with E-state index in [1.165, 1.54) is 62.0 Å². The first kappa shape index (κ1) is 14.9. The highest BCUT2D eigenvalue weighted by atomic mass is 15.1. The maximum atomic E-state index is 3.64. The predicted octanol–water partition coefficient (Wildman–Crippen LogP) is 2.64. The third kappa shape index (κ3) is 3.78. The van der Waals surface area contributed by atoms with Crippen LogP contribution in [0.3, 0.4) is 0 Å². The van der Waals surface area contributed by atoms with E-state index in [4.69, 9.17) is 0 Å². The molecule has 1 unspecified atom stereocenters. The number of aryl methyl sites for hydroxylation is 1. The first-order valence-electron chi connectivity index (χ1n) is 8.47. The SMILES string of the molecule is CN(Cc1ccc2c(c1)CCCN2C)CC1CCCCN1. The summed E-state index contributed by atoms with van der Waals surface area (Å²) in [5.41, 5.74) is 4.43. The van der Waals surface area contributed by atoms with E-state index >= 15 is 0 Å². The molecule has 0 saturated carbocycles. The van der Waals surface area contributed by atoms with E-state index in [9.17, 15) is 0 Å². The van der Waals surface area contributed by atoms with Crippen molar-refractivity contribution >= 4 is 5.69 Å². The van der Waals surface area contributed by atoms with Crippen LogP contribution in [-0.4, -0.2) is 44.7 Å². The van der Waals surface area contributed by atoms with E-state index in [0.29, 0.717) is 6.04 Å². The normalized spacial score (nSPS) is 22.4. The van der Waals surface area contributed by atoms with Gasteiger partial charge in [0.25, 0.3) is 0 Å². The molecular formula is C18H29N3. The molecule has 1 saturated heterocycles. The summed E-state index contributed by atoms with van der Waals surface area (Å²) in [5, 5.41) is 3.64. The zero-order valence-electron chi connectivity index (χ0n) is 13.6. The monoisotopic (exact) mass is 287 g/mol. The number of likely N-dealkylation sites (N-methyl/N-ethyl adjacent to an activating group) is 1. The molecule has 0 spiro atoms. The Morgan fingerprint density at radius 3 is 3.00 bits per heavy atom. The van der Waals surface area contributed by atoms with Crippen LogP contribution in [0.4, 0.5) is 5.69 Å². The highest BCUT2D eigenvalue weighted by Crippen LogP contribution is 2.27. The Bertz CT molecular complexity index is 466. The van der Waals surface area contributed by atoms with Gasteiger partial charge in [0.05, 0.1) is 0 Å². The van der Waals surface area contributed by atoms with Gasteiger partial charge in [0.2, 0.25) is 0 Å². The number of hydrogen-bond acceptors (Lipinski definition) is 3. The number of nitrogens with zero attached hydrogens (tertiary/aromatic N) is 2. The first-order valence-corrected chi connectivity index (χ1v) is 8.47. The van der Waals surface area contributed by atoms with Crippen LogP contribution in [0.2, 0.25) is 0 Å². The van der Waals surface area contributed by atoms with Crippen LogP contribution < -0.4 is 10.2 Å². The Labute approximate surface area is 129 Å². The molecule has 0 radical (unpaired) electrons. The maximum Gasteiger partial charge on any atom is 0.0396 e. The van der Waals surface area contributed by atoms with Gasteiger partial charge in [-0.2, -0.15) is 0 Å². The quantitative estimate of drug-likeness (QED) is 0.918. The predicted molar refractivity (Wildman–Crippen MR) is 90.0 cm³/mol. The standard InChI is InChI=1S/C18H29N3/c1-20(14-17-7-3-4-10-19-17)13-15-8-9-18-16(12-15)6-5-11-21(18)2/h8-9,12,17,19H,3-7,10-11,13-14H2,1-2H3. The summed E-state index contributed by atoms with van der Waals surface area (Å²) in [6.07, 6.45) is 6.59. The van der Waals surface area contributed by atoms with Crippen LogP contribution in [0.5, 0.6) is 0 Å². The lowest BCUT2D eigenvalue weighted by molar-refractivity contribution is 0.256. The Morgan fingerprint density at radius 2 is 2.19 bits per heavy atom. The Morgan fingerprint density at radius 1 is 1.29 bits per heavy atom. The second kappa shape index (κ2) is 6.80. The van der Waals surface area contributed by atoms with Crippen LogP contribution in [-0.2, 0) is 13.0 Å². The Balaban J connectivity index is 1.59. The molecule has 1 aromatic rings. The van der Waals surface area contributed by atoms with Gasteiger partial charge < -0.3 is 15.1 Å². The third-order valence-corrected chi connectivity index (χ3v) is 4.89. The number of fused-ring (bicyclic) bond motifs is 1. The lowest BCUT2D eigenvalue weighted by Gasteiger charge is -2.30. The van der Waals surface area contributed by atoms with Gasteiger partial charge in [-0.3, -0.25) is 0 Å². The van der Waals surface area contributed by atoms with Crippen molar-refractivity contribution < 1.29 is 0 Å². The summed E-state index contributed by atoms with van der Waals surface area (Å²) >= 11 is 0. The number of benzene rings is 1. The molecule has 3 rings (SSSR count). The molecule has 1 aromatic carbocycles. The molecule has 2 aliphatic rings. The van der Waals surface area contributed by atoms with Gasteiger partial charge in [-0.25, -0.2) is 0 Å². The zero-order chi connectivity index (χ0) is 14.7. The average molecular weight is 287 g/mol. The fourth-order valence-electron chi connectivity index (χ4n) is 3.77. The largest absolute Gasteiger partial charge is 0.374 e.